The zero-order valence-electron chi connectivity index (χ0n) is 14.4. The number of carboxylic acid groups (broad SMARTS) is 1. The van der Waals surface area contributed by atoms with Crippen LogP contribution in [0.2, 0.25) is 0 Å². The molecule has 0 unspecified atom stereocenters. The highest BCUT2D eigenvalue weighted by atomic mass is 16.5. The number of rotatable bonds is 5. The number of piperidine rings is 1. The Balaban J connectivity index is 1.56. The lowest BCUT2D eigenvalue weighted by Crippen LogP contribution is -2.45. The van der Waals surface area contributed by atoms with Crippen LogP contribution in [0.3, 0.4) is 0 Å². The van der Waals surface area contributed by atoms with Crippen LogP contribution in [0.15, 0.2) is 36.7 Å². The number of amides is 1. The smallest absolute Gasteiger partial charge is 0.356 e. The summed E-state index contributed by atoms with van der Waals surface area (Å²) in [6, 6.07) is 7.91. The molecule has 1 aromatic heterocycles. The molecule has 1 fully saturated rings. The summed E-state index contributed by atoms with van der Waals surface area (Å²) in [6.45, 7) is 1.60. The molecule has 2 N–H and O–H groups in total. The number of para-hydroxylation sites is 2. The van der Waals surface area contributed by atoms with Gasteiger partial charge in [-0.05, 0) is 25.0 Å². The minimum Gasteiger partial charge on any atom is -0.495 e. The molecule has 1 saturated heterocycles. The number of carbonyl (C=O) groups excluding carboxylic acids is 1. The predicted molar refractivity (Wildman–Crippen MR) is 94.7 cm³/mol. The molecule has 26 heavy (non-hydrogen) atoms. The van der Waals surface area contributed by atoms with Crippen molar-refractivity contribution in [2.24, 2.45) is 0 Å². The van der Waals surface area contributed by atoms with Crippen LogP contribution in [0.25, 0.3) is 0 Å². The van der Waals surface area contributed by atoms with Crippen molar-refractivity contribution in [3.63, 3.8) is 0 Å². The Morgan fingerprint density at radius 1 is 1.15 bits per heavy atom. The Labute approximate surface area is 150 Å². The molecule has 3 rings (SSSR count). The van der Waals surface area contributed by atoms with E-state index >= 15 is 0 Å². The van der Waals surface area contributed by atoms with Gasteiger partial charge in [-0.2, -0.15) is 0 Å². The quantitative estimate of drug-likeness (QED) is 0.838. The molecule has 136 valence electrons. The fourth-order valence-electron chi connectivity index (χ4n) is 2.97. The third kappa shape index (κ3) is 3.90. The van der Waals surface area contributed by atoms with Gasteiger partial charge in [-0.25, -0.2) is 14.8 Å². The second-order valence-corrected chi connectivity index (χ2v) is 6.00. The van der Waals surface area contributed by atoms with Gasteiger partial charge in [0.05, 0.1) is 25.2 Å². The molecule has 0 spiro atoms. The maximum atomic E-state index is 12.3. The fourth-order valence-corrected chi connectivity index (χ4v) is 2.97. The van der Waals surface area contributed by atoms with E-state index in [1.165, 1.54) is 6.20 Å². The second-order valence-electron chi connectivity index (χ2n) is 6.00. The van der Waals surface area contributed by atoms with Crippen LogP contribution in [0, 0.1) is 0 Å². The van der Waals surface area contributed by atoms with E-state index in [9.17, 15) is 9.59 Å². The van der Waals surface area contributed by atoms with E-state index in [4.69, 9.17) is 9.84 Å². The molecule has 2 heterocycles. The minimum atomic E-state index is -1.17. The predicted octanol–water partition coefficient (Wildman–Crippen LogP) is 1.58. The van der Waals surface area contributed by atoms with Crippen LogP contribution < -0.4 is 15.0 Å². The highest BCUT2D eigenvalue weighted by Crippen LogP contribution is 2.29. The zero-order chi connectivity index (χ0) is 18.5. The number of nitrogens with zero attached hydrogens (tertiary/aromatic N) is 3. The molecule has 1 amide bonds. The Hall–Kier alpha value is -3.16. The summed E-state index contributed by atoms with van der Waals surface area (Å²) in [6.07, 6.45) is 3.86. The van der Waals surface area contributed by atoms with Crippen LogP contribution in [0.4, 0.5) is 5.69 Å². The fraction of sp³-hybridized carbons (Fsp3) is 0.333. The first-order valence-electron chi connectivity index (χ1n) is 8.32. The Kier molecular flexibility index (Phi) is 5.31. The lowest BCUT2D eigenvalue weighted by atomic mass is 10.0. The summed E-state index contributed by atoms with van der Waals surface area (Å²) in [4.78, 5) is 32.9. The number of benzene rings is 1. The first-order valence-corrected chi connectivity index (χ1v) is 8.32. The monoisotopic (exact) mass is 356 g/mol. The van der Waals surface area contributed by atoms with Crippen molar-refractivity contribution in [1.82, 2.24) is 15.3 Å². The van der Waals surface area contributed by atoms with Crippen molar-refractivity contribution in [2.75, 3.05) is 25.1 Å². The molecule has 0 radical (unpaired) electrons. The number of carbonyl (C=O) groups is 2. The molecule has 0 atom stereocenters. The molecule has 1 aromatic carbocycles. The molecular weight excluding hydrogens is 336 g/mol. The summed E-state index contributed by atoms with van der Waals surface area (Å²) >= 11 is 0. The van der Waals surface area contributed by atoms with Gasteiger partial charge in [0.15, 0.2) is 5.69 Å². The molecule has 1 aliphatic rings. The van der Waals surface area contributed by atoms with E-state index in [1.807, 2.05) is 24.3 Å². The molecule has 8 heteroatoms. The summed E-state index contributed by atoms with van der Waals surface area (Å²) in [5.41, 5.74) is 0.976. The van der Waals surface area contributed by atoms with E-state index in [0.717, 1.165) is 43.6 Å². The van der Waals surface area contributed by atoms with Crippen LogP contribution >= 0.6 is 0 Å². The zero-order valence-corrected chi connectivity index (χ0v) is 14.4. The van der Waals surface area contributed by atoms with Crippen molar-refractivity contribution >= 4 is 17.6 Å². The number of nitrogens with one attached hydrogen (secondary N) is 1. The summed E-state index contributed by atoms with van der Waals surface area (Å²) in [7, 11) is 1.66. The largest absolute Gasteiger partial charge is 0.495 e. The highest BCUT2D eigenvalue weighted by molar-refractivity contribution is 5.92. The molecule has 8 nitrogen and oxygen atoms in total. The average Bonchev–Trinajstić information content (AvgIpc) is 2.68. The third-order valence-corrected chi connectivity index (χ3v) is 4.36. The SMILES string of the molecule is COc1ccccc1N1CCC(NC(=O)c2cnc(C(=O)O)cn2)CC1. The number of hydrogen-bond acceptors (Lipinski definition) is 6. The third-order valence-electron chi connectivity index (χ3n) is 4.36. The van der Waals surface area contributed by atoms with Gasteiger partial charge in [-0.3, -0.25) is 4.79 Å². The molecule has 2 aromatic rings. The highest BCUT2D eigenvalue weighted by Gasteiger charge is 2.23. The Bertz CT molecular complexity index is 786. The number of aromatic nitrogens is 2. The number of ether oxygens (including phenoxy) is 1. The Morgan fingerprint density at radius 2 is 1.81 bits per heavy atom. The van der Waals surface area contributed by atoms with Gasteiger partial charge in [0.25, 0.3) is 5.91 Å². The average molecular weight is 356 g/mol. The van der Waals surface area contributed by atoms with Crippen LogP contribution in [0.1, 0.15) is 33.8 Å². The summed E-state index contributed by atoms with van der Waals surface area (Å²) in [5.74, 6) is -0.679. The van der Waals surface area contributed by atoms with E-state index in [2.05, 4.69) is 20.2 Å². The van der Waals surface area contributed by atoms with Crippen LogP contribution in [0.5, 0.6) is 5.75 Å². The van der Waals surface area contributed by atoms with Gasteiger partial charge in [0.2, 0.25) is 0 Å². The summed E-state index contributed by atoms with van der Waals surface area (Å²) < 4.78 is 5.41. The lowest BCUT2D eigenvalue weighted by Gasteiger charge is -2.34. The Morgan fingerprint density at radius 3 is 2.42 bits per heavy atom. The number of hydrogen-bond donors (Lipinski definition) is 2. The molecule has 0 bridgehead atoms. The number of carboxylic acids is 1. The van der Waals surface area contributed by atoms with E-state index in [0.29, 0.717) is 0 Å². The van der Waals surface area contributed by atoms with E-state index < -0.39 is 5.97 Å². The molecular formula is C18H20N4O4. The van der Waals surface area contributed by atoms with Crippen molar-refractivity contribution in [1.29, 1.82) is 0 Å². The van der Waals surface area contributed by atoms with Crippen molar-refractivity contribution in [3.8, 4) is 5.75 Å². The number of anilines is 1. The van der Waals surface area contributed by atoms with Crippen molar-refractivity contribution in [2.45, 2.75) is 18.9 Å². The lowest BCUT2D eigenvalue weighted by molar-refractivity contribution is 0.0688. The first-order chi connectivity index (χ1) is 12.6. The topological polar surface area (TPSA) is 105 Å². The van der Waals surface area contributed by atoms with Gasteiger partial charge in [-0.15, -0.1) is 0 Å². The minimum absolute atomic E-state index is 0.0365. The maximum Gasteiger partial charge on any atom is 0.356 e. The number of aromatic carboxylic acids is 1. The first kappa shape index (κ1) is 17.7. The standard InChI is InChI=1S/C18H20N4O4/c1-26-16-5-3-2-4-15(16)22-8-6-12(7-9-22)21-17(23)13-10-20-14(11-19-13)18(24)25/h2-5,10-12H,6-9H2,1H3,(H,21,23)(H,24,25). The number of methoxy groups -OCH3 is 1. The van der Waals surface area contributed by atoms with Gasteiger partial charge < -0.3 is 20.1 Å². The normalized spacial score (nSPS) is 14.7. The summed E-state index contributed by atoms with van der Waals surface area (Å²) in [5, 5.41) is 11.8. The molecule has 0 saturated carbocycles. The van der Waals surface area contributed by atoms with Crippen LogP contribution in [-0.4, -0.2) is 53.2 Å². The van der Waals surface area contributed by atoms with Gasteiger partial charge >= 0.3 is 5.97 Å². The van der Waals surface area contributed by atoms with E-state index in [-0.39, 0.29) is 23.3 Å². The molecule has 1 aliphatic heterocycles. The van der Waals surface area contributed by atoms with Crippen LogP contribution in [-0.2, 0) is 0 Å². The van der Waals surface area contributed by atoms with Crippen molar-refractivity contribution in [3.05, 3.63) is 48.0 Å². The molecule has 0 aliphatic carbocycles. The van der Waals surface area contributed by atoms with E-state index in [1.54, 1.807) is 7.11 Å². The van der Waals surface area contributed by atoms with Gasteiger partial charge in [0.1, 0.15) is 11.4 Å². The second kappa shape index (κ2) is 7.81. The maximum absolute atomic E-state index is 12.3. The van der Waals surface area contributed by atoms with Gasteiger partial charge in [-0.1, -0.05) is 12.1 Å². The van der Waals surface area contributed by atoms with Crippen molar-refractivity contribution < 1.29 is 19.4 Å². The van der Waals surface area contributed by atoms with Gasteiger partial charge in [0, 0.05) is 19.1 Å².